The predicted molar refractivity (Wildman–Crippen MR) is 72.0 cm³/mol. The van der Waals surface area contributed by atoms with Crippen LogP contribution in [0.2, 0.25) is 0 Å². The maximum Gasteiger partial charge on any atom is 0.144 e. The molecule has 5 heteroatoms. The van der Waals surface area contributed by atoms with Gasteiger partial charge in [-0.05, 0) is 32.4 Å². The molecule has 1 aliphatic rings. The average molecular weight is 250 g/mol. The molecule has 100 valence electrons. The van der Waals surface area contributed by atoms with Gasteiger partial charge in [0.1, 0.15) is 5.82 Å². The standard InChI is InChI=1S/C13H22N4O/c1-2-18-12-6-4-8-17(10-12)9-11-5-3-7-15-13(11)16-14/h3,5,7,12H,2,4,6,8-10,14H2,1H3,(H,15,16). The second kappa shape index (κ2) is 6.68. The highest BCUT2D eigenvalue weighted by Gasteiger charge is 2.20. The molecule has 0 bridgehead atoms. The third-order valence-electron chi connectivity index (χ3n) is 3.29. The second-order valence-electron chi connectivity index (χ2n) is 4.61. The lowest BCUT2D eigenvalue weighted by Gasteiger charge is -2.32. The van der Waals surface area contributed by atoms with Crippen molar-refractivity contribution in [1.82, 2.24) is 9.88 Å². The van der Waals surface area contributed by atoms with E-state index in [1.807, 2.05) is 6.07 Å². The Bertz CT molecular complexity index is 370. The SMILES string of the molecule is CCOC1CCCN(Cc2cccnc2NN)C1. The largest absolute Gasteiger partial charge is 0.377 e. The first-order chi connectivity index (χ1) is 8.83. The van der Waals surface area contributed by atoms with Gasteiger partial charge in [0.05, 0.1) is 6.10 Å². The number of aromatic nitrogens is 1. The summed E-state index contributed by atoms with van der Waals surface area (Å²) in [7, 11) is 0. The molecule has 0 saturated carbocycles. The number of ether oxygens (including phenoxy) is 1. The number of nitrogen functional groups attached to an aromatic ring is 1. The van der Waals surface area contributed by atoms with Gasteiger partial charge in [-0.1, -0.05) is 6.07 Å². The van der Waals surface area contributed by atoms with Crippen molar-refractivity contribution in [2.75, 3.05) is 25.1 Å². The predicted octanol–water partition coefficient (Wildman–Crippen LogP) is 1.37. The summed E-state index contributed by atoms with van der Waals surface area (Å²) in [5.41, 5.74) is 3.79. The maximum atomic E-state index is 5.71. The van der Waals surface area contributed by atoms with Crippen LogP contribution >= 0.6 is 0 Å². The molecular weight excluding hydrogens is 228 g/mol. The summed E-state index contributed by atoms with van der Waals surface area (Å²) in [4.78, 5) is 6.63. The molecule has 2 rings (SSSR count). The van der Waals surface area contributed by atoms with Gasteiger partial charge in [0.25, 0.3) is 0 Å². The zero-order chi connectivity index (χ0) is 12.8. The number of hydrazine groups is 1. The zero-order valence-electron chi connectivity index (χ0n) is 10.9. The van der Waals surface area contributed by atoms with Crippen molar-refractivity contribution in [3.05, 3.63) is 23.9 Å². The van der Waals surface area contributed by atoms with Crippen LogP contribution in [0.5, 0.6) is 0 Å². The maximum absolute atomic E-state index is 5.71. The number of nitrogens with zero attached hydrogens (tertiary/aromatic N) is 2. The topological polar surface area (TPSA) is 63.4 Å². The molecule has 0 aromatic carbocycles. The first-order valence-electron chi connectivity index (χ1n) is 6.58. The van der Waals surface area contributed by atoms with E-state index < -0.39 is 0 Å². The van der Waals surface area contributed by atoms with E-state index in [9.17, 15) is 0 Å². The Balaban J connectivity index is 1.96. The lowest BCUT2D eigenvalue weighted by Crippen LogP contribution is -2.39. The third-order valence-corrected chi connectivity index (χ3v) is 3.29. The molecule has 1 unspecified atom stereocenters. The van der Waals surface area contributed by atoms with Gasteiger partial charge in [-0.2, -0.15) is 0 Å². The number of hydrogen-bond donors (Lipinski definition) is 2. The fourth-order valence-electron chi connectivity index (χ4n) is 2.47. The highest BCUT2D eigenvalue weighted by Crippen LogP contribution is 2.18. The van der Waals surface area contributed by atoms with Gasteiger partial charge in [-0.15, -0.1) is 0 Å². The van der Waals surface area contributed by atoms with Crippen molar-refractivity contribution in [3.63, 3.8) is 0 Å². The molecule has 0 spiro atoms. The van der Waals surface area contributed by atoms with Crippen LogP contribution in [0, 0.1) is 0 Å². The number of nitrogens with one attached hydrogen (secondary N) is 1. The molecule has 5 nitrogen and oxygen atoms in total. The van der Waals surface area contributed by atoms with Gasteiger partial charge in [0.2, 0.25) is 0 Å². The van der Waals surface area contributed by atoms with Gasteiger partial charge in [0.15, 0.2) is 0 Å². The number of piperidine rings is 1. The fraction of sp³-hybridized carbons (Fsp3) is 0.615. The molecule has 1 saturated heterocycles. The molecule has 0 radical (unpaired) electrons. The third kappa shape index (κ3) is 3.41. The smallest absolute Gasteiger partial charge is 0.144 e. The molecule has 1 aromatic heterocycles. The van der Waals surface area contributed by atoms with Gasteiger partial charge in [-0.25, -0.2) is 10.8 Å². The summed E-state index contributed by atoms with van der Waals surface area (Å²) in [6.07, 6.45) is 4.47. The summed E-state index contributed by atoms with van der Waals surface area (Å²) in [5.74, 6) is 6.24. The fourth-order valence-corrected chi connectivity index (χ4v) is 2.47. The number of anilines is 1. The van der Waals surface area contributed by atoms with Crippen molar-refractivity contribution in [2.45, 2.75) is 32.4 Å². The van der Waals surface area contributed by atoms with E-state index in [0.717, 1.165) is 37.6 Å². The van der Waals surface area contributed by atoms with Crippen LogP contribution in [0.1, 0.15) is 25.3 Å². The normalized spacial score (nSPS) is 20.9. The van der Waals surface area contributed by atoms with Crippen LogP contribution in [0.15, 0.2) is 18.3 Å². The second-order valence-corrected chi connectivity index (χ2v) is 4.61. The molecule has 18 heavy (non-hydrogen) atoms. The van der Waals surface area contributed by atoms with E-state index in [0.29, 0.717) is 6.10 Å². The highest BCUT2D eigenvalue weighted by atomic mass is 16.5. The van der Waals surface area contributed by atoms with E-state index in [2.05, 4.69) is 28.3 Å². The first-order valence-corrected chi connectivity index (χ1v) is 6.58. The molecule has 1 aromatic rings. The first kappa shape index (κ1) is 13.3. The van der Waals surface area contributed by atoms with Crippen molar-refractivity contribution < 1.29 is 4.74 Å². The Hall–Kier alpha value is -1.17. The van der Waals surface area contributed by atoms with Crippen LogP contribution < -0.4 is 11.3 Å². The molecule has 2 heterocycles. The molecule has 1 atom stereocenters. The van der Waals surface area contributed by atoms with E-state index in [4.69, 9.17) is 10.6 Å². The molecule has 3 N–H and O–H groups in total. The van der Waals surface area contributed by atoms with Gasteiger partial charge in [0, 0.05) is 31.5 Å². The quantitative estimate of drug-likeness (QED) is 0.610. The summed E-state index contributed by atoms with van der Waals surface area (Å²) in [6, 6.07) is 4.01. The molecule has 1 aliphatic heterocycles. The Labute approximate surface area is 108 Å². The van der Waals surface area contributed by atoms with Gasteiger partial charge in [-0.3, -0.25) is 4.90 Å². The van der Waals surface area contributed by atoms with E-state index in [1.165, 1.54) is 12.8 Å². The van der Waals surface area contributed by atoms with Crippen molar-refractivity contribution in [1.29, 1.82) is 0 Å². The van der Waals surface area contributed by atoms with Crippen LogP contribution in [0.25, 0.3) is 0 Å². The Morgan fingerprint density at radius 1 is 1.61 bits per heavy atom. The van der Waals surface area contributed by atoms with Gasteiger partial charge < -0.3 is 10.2 Å². The lowest BCUT2D eigenvalue weighted by atomic mass is 10.1. The summed E-state index contributed by atoms with van der Waals surface area (Å²) < 4.78 is 5.71. The lowest BCUT2D eigenvalue weighted by molar-refractivity contribution is 0.00366. The number of nitrogens with two attached hydrogens (primary N) is 1. The average Bonchev–Trinajstić information content (AvgIpc) is 2.40. The summed E-state index contributed by atoms with van der Waals surface area (Å²) in [5, 5.41) is 0. The van der Waals surface area contributed by atoms with Crippen LogP contribution in [-0.2, 0) is 11.3 Å². The highest BCUT2D eigenvalue weighted by molar-refractivity contribution is 5.42. The summed E-state index contributed by atoms with van der Waals surface area (Å²) in [6.45, 7) is 5.82. The van der Waals surface area contributed by atoms with E-state index in [1.54, 1.807) is 6.20 Å². The number of likely N-dealkylation sites (tertiary alicyclic amines) is 1. The minimum Gasteiger partial charge on any atom is -0.377 e. The molecule has 0 aliphatic carbocycles. The molecule has 1 fully saturated rings. The molecule has 0 amide bonds. The monoisotopic (exact) mass is 250 g/mol. The van der Waals surface area contributed by atoms with Gasteiger partial charge >= 0.3 is 0 Å². The molecular formula is C13H22N4O. The van der Waals surface area contributed by atoms with Crippen LogP contribution in [-0.4, -0.2) is 35.7 Å². The Morgan fingerprint density at radius 2 is 2.50 bits per heavy atom. The Kier molecular flexibility index (Phi) is 4.92. The van der Waals surface area contributed by atoms with Crippen molar-refractivity contribution in [2.24, 2.45) is 5.84 Å². The van der Waals surface area contributed by atoms with Crippen molar-refractivity contribution >= 4 is 5.82 Å². The van der Waals surface area contributed by atoms with Crippen LogP contribution in [0.3, 0.4) is 0 Å². The van der Waals surface area contributed by atoms with Crippen molar-refractivity contribution in [3.8, 4) is 0 Å². The van der Waals surface area contributed by atoms with E-state index >= 15 is 0 Å². The zero-order valence-corrected chi connectivity index (χ0v) is 10.9. The Morgan fingerprint density at radius 3 is 3.28 bits per heavy atom. The summed E-state index contributed by atoms with van der Waals surface area (Å²) >= 11 is 0. The minimum absolute atomic E-state index is 0.370. The van der Waals surface area contributed by atoms with Crippen LogP contribution in [0.4, 0.5) is 5.82 Å². The number of pyridine rings is 1. The minimum atomic E-state index is 0.370. The van der Waals surface area contributed by atoms with E-state index in [-0.39, 0.29) is 0 Å². The number of hydrogen-bond acceptors (Lipinski definition) is 5. The number of rotatable bonds is 5.